The maximum absolute atomic E-state index is 13.3. The van der Waals surface area contributed by atoms with Crippen LogP contribution in [0.15, 0.2) is 82.5 Å². The van der Waals surface area contributed by atoms with Crippen LogP contribution in [0.3, 0.4) is 0 Å². The SMILES string of the molecule is CCC1=NC(C(F)(F)F)CC=C1Cn1nc2c(-c3ccncc3)c(-c3ccc(Cl)cc3)ccn2c1=O. The molecule has 184 valence electrons. The lowest BCUT2D eigenvalue weighted by atomic mass is 9.96. The van der Waals surface area contributed by atoms with Gasteiger partial charge in [-0.1, -0.05) is 36.7 Å². The highest BCUT2D eigenvalue weighted by molar-refractivity contribution is 6.30. The number of nitrogens with zero attached hydrogens (tertiary/aromatic N) is 5. The van der Waals surface area contributed by atoms with Crippen molar-refractivity contribution in [1.82, 2.24) is 19.2 Å². The van der Waals surface area contributed by atoms with E-state index in [2.05, 4.69) is 15.1 Å². The number of benzene rings is 1. The summed E-state index contributed by atoms with van der Waals surface area (Å²) in [5.41, 5.74) is 4.24. The summed E-state index contributed by atoms with van der Waals surface area (Å²) in [6.45, 7) is 1.78. The number of fused-ring (bicyclic) bond motifs is 1. The molecule has 36 heavy (non-hydrogen) atoms. The van der Waals surface area contributed by atoms with Crippen LogP contribution in [0, 0.1) is 0 Å². The number of allylic oxidation sites excluding steroid dienone is 1. The number of hydrogen-bond acceptors (Lipinski definition) is 4. The Morgan fingerprint density at radius 2 is 1.78 bits per heavy atom. The number of pyridine rings is 2. The van der Waals surface area contributed by atoms with Gasteiger partial charge in [0, 0.05) is 34.9 Å². The Morgan fingerprint density at radius 3 is 2.44 bits per heavy atom. The molecular weight excluding hydrogens is 491 g/mol. The molecule has 0 fully saturated rings. The first-order valence-electron chi connectivity index (χ1n) is 11.4. The van der Waals surface area contributed by atoms with E-state index in [-0.39, 0.29) is 13.0 Å². The lowest BCUT2D eigenvalue weighted by molar-refractivity contribution is -0.146. The highest BCUT2D eigenvalue weighted by atomic mass is 35.5. The Labute approximate surface area is 209 Å². The monoisotopic (exact) mass is 511 g/mol. The fourth-order valence-corrected chi connectivity index (χ4v) is 4.52. The minimum atomic E-state index is -4.40. The number of hydrogen-bond donors (Lipinski definition) is 0. The largest absolute Gasteiger partial charge is 0.411 e. The molecule has 1 aliphatic rings. The van der Waals surface area contributed by atoms with Gasteiger partial charge in [-0.05, 0) is 65.4 Å². The smallest absolute Gasteiger partial charge is 0.276 e. The normalized spacial score (nSPS) is 16.2. The van der Waals surface area contributed by atoms with Crippen LogP contribution in [0.25, 0.3) is 27.9 Å². The first-order chi connectivity index (χ1) is 17.3. The van der Waals surface area contributed by atoms with Crippen LogP contribution in [0.4, 0.5) is 13.2 Å². The van der Waals surface area contributed by atoms with Gasteiger partial charge < -0.3 is 0 Å². The van der Waals surface area contributed by atoms with E-state index >= 15 is 0 Å². The van der Waals surface area contributed by atoms with Gasteiger partial charge in [0.05, 0.1) is 6.54 Å². The van der Waals surface area contributed by atoms with Crippen molar-refractivity contribution in [3.63, 3.8) is 0 Å². The van der Waals surface area contributed by atoms with Gasteiger partial charge in [-0.15, -0.1) is 5.10 Å². The van der Waals surface area contributed by atoms with Crippen molar-refractivity contribution in [2.24, 2.45) is 4.99 Å². The third-order valence-electron chi connectivity index (χ3n) is 6.18. The second-order valence-corrected chi connectivity index (χ2v) is 8.87. The van der Waals surface area contributed by atoms with E-state index in [4.69, 9.17) is 11.6 Å². The topological polar surface area (TPSA) is 64.6 Å². The number of rotatable bonds is 5. The average molecular weight is 512 g/mol. The summed E-state index contributed by atoms with van der Waals surface area (Å²) in [7, 11) is 0. The summed E-state index contributed by atoms with van der Waals surface area (Å²) < 4.78 is 42.3. The molecule has 0 saturated carbocycles. The molecule has 0 amide bonds. The van der Waals surface area contributed by atoms with Crippen LogP contribution >= 0.6 is 11.6 Å². The third-order valence-corrected chi connectivity index (χ3v) is 6.43. The van der Waals surface area contributed by atoms with Crippen LogP contribution in [-0.4, -0.2) is 37.1 Å². The molecule has 3 aromatic heterocycles. The first-order valence-corrected chi connectivity index (χ1v) is 11.8. The second-order valence-electron chi connectivity index (χ2n) is 8.43. The zero-order valence-corrected chi connectivity index (χ0v) is 20.0. The number of dihydropyridines is 1. The molecule has 5 rings (SSSR count). The van der Waals surface area contributed by atoms with Gasteiger partial charge in [0.2, 0.25) is 0 Å². The Hall–Kier alpha value is -3.72. The minimum absolute atomic E-state index is 0.0316. The van der Waals surface area contributed by atoms with E-state index in [1.807, 2.05) is 30.3 Å². The van der Waals surface area contributed by atoms with Crippen LogP contribution in [0.5, 0.6) is 0 Å². The molecule has 1 aromatic carbocycles. The first kappa shape index (κ1) is 24.0. The van der Waals surface area contributed by atoms with Gasteiger partial charge in [-0.25, -0.2) is 13.9 Å². The fourth-order valence-electron chi connectivity index (χ4n) is 4.39. The molecule has 4 heterocycles. The van der Waals surface area contributed by atoms with E-state index in [0.29, 0.717) is 28.4 Å². The molecular formula is C26H21ClF3N5O. The standard InChI is InChI=1S/C26H21ClF3N5O/c1-2-21-18(5-8-22(32-21)26(28,29)30)15-35-25(36)34-14-11-20(16-3-6-19(27)7-4-16)23(24(34)33-35)17-9-12-31-13-10-17/h3-7,9-14,22H,2,8,15H2,1H3. The molecule has 6 nitrogen and oxygen atoms in total. The van der Waals surface area contributed by atoms with Crippen LogP contribution < -0.4 is 5.69 Å². The average Bonchev–Trinajstić information content (AvgIpc) is 3.19. The molecule has 1 unspecified atom stereocenters. The lowest BCUT2D eigenvalue weighted by Crippen LogP contribution is -2.32. The number of alkyl halides is 3. The molecule has 0 saturated heterocycles. The molecule has 10 heteroatoms. The van der Waals surface area contributed by atoms with Crippen molar-refractivity contribution in [3.05, 3.63) is 88.2 Å². The van der Waals surface area contributed by atoms with Crippen LogP contribution in [-0.2, 0) is 6.54 Å². The minimum Gasteiger partial charge on any atom is -0.276 e. The van der Waals surface area contributed by atoms with Crippen LogP contribution in [0.2, 0.25) is 5.02 Å². The van der Waals surface area contributed by atoms with Gasteiger partial charge in [-0.2, -0.15) is 13.2 Å². The molecule has 0 spiro atoms. The predicted octanol–water partition coefficient (Wildman–Crippen LogP) is 5.99. The maximum Gasteiger partial charge on any atom is 0.411 e. The number of halogens is 4. The molecule has 4 aromatic rings. The highest BCUT2D eigenvalue weighted by Gasteiger charge is 2.40. The van der Waals surface area contributed by atoms with Gasteiger partial charge >= 0.3 is 11.9 Å². The van der Waals surface area contributed by atoms with E-state index in [9.17, 15) is 18.0 Å². The van der Waals surface area contributed by atoms with E-state index in [1.165, 1.54) is 15.2 Å². The van der Waals surface area contributed by atoms with Gasteiger partial charge in [0.25, 0.3) is 0 Å². The van der Waals surface area contributed by atoms with E-state index in [0.717, 1.165) is 22.3 Å². The molecule has 1 aliphatic heterocycles. The quantitative estimate of drug-likeness (QED) is 0.330. The Kier molecular flexibility index (Phi) is 6.26. The summed E-state index contributed by atoms with van der Waals surface area (Å²) in [5, 5.41) is 5.23. The Balaban J connectivity index is 1.62. The Bertz CT molecular complexity index is 1540. The number of aliphatic imine (C=N–C) groups is 1. The van der Waals surface area contributed by atoms with Crippen molar-refractivity contribution in [2.75, 3.05) is 0 Å². The zero-order chi connectivity index (χ0) is 25.4. The zero-order valence-electron chi connectivity index (χ0n) is 19.2. The van der Waals surface area contributed by atoms with Gasteiger partial charge in [0.15, 0.2) is 5.65 Å². The molecule has 0 aliphatic carbocycles. The van der Waals surface area contributed by atoms with Gasteiger partial charge in [0.1, 0.15) is 6.04 Å². The predicted molar refractivity (Wildman–Crippen MR) is 133 cm³/mol. The molecule has 0 bridgehead atoms. The van der Waals surface area contributed by atoms with Gasteiger partial charge in [-0.3, -0.25) is 9.98 Å². The summed E-state index contributed by atoms with van der Waals surface area (Å²) in [6, 6.07) is 11.1. The summed E-state index contributed by atoms with van der Waals surface area (Å²) >= 11 is 6.08. The van der Waals surface area contributed by atoms with E-state index in [1.54, 1.807) is 37.6 Å². The van der Waals surface area contributed by atoms with Crippen molar-refractivity contribution in [2.45, 2.75) is 38.5 Å². The maximum atomic E-state index is 13.3. The molecule has 1 atom stereocenters. The summed E-state index contributed by atoms with van der Waals surface area (Å²) in [5.74, 6) is 0. The highest BCUT2D eigenvalue weighted by Crippen LogP contribution is 2.35. The number of aromatic nitrogens is 4. The molecule has 0 N–H and O–H groups in total. The van der Waals surface area contributed by atoms with E-state index < -0.39 is 17.9 Å². The lowest BCUT2D eigenvalue weighted by Gasteiger charge is -2.22. The summed E-state index contributed by atoms with van der Waals surface area (Å²) in [6.07, 6.45) is 2.15. The van der Waals surface area contributed by atoms with Crippen molar-refractivity contribution in [3.8, 4) is 22.3 Å². The van der Waals surface area contributed by atoms with Crippen LogP contribution in [0.1, 0.15) is 19.8 Å². The summed E-state index contributed by atoms with van der Waals surface area (Å²) in [4.78, 5) is 21.3. The van der Waals surface area contributed by atoms with Crippen molar-refractivity contribution >= 4 is 23.0 Å². The third kappa shape index (κ3) is 4.46. The fraction of sp³-hybridized carbons (Fsp3) is 0.231. The van der Waals surface area contributed by atoms with Crippen molar-refractivity contribution in [1.29, 1.82) is 0 Å². The van der Waals surface area contributed by atoms with Crippen molar-refractivity contribution < 1.29 is 13.2 Å². The molecule has 0 radical (unpaired) electrons. The second kappa shape index (κ2) is 9.39. The Morgan fingerprint density at radius 1 is 1.06 bits per heavy atom.